The Kier molecular flexibility index (Phi) is 9.76. The summed E-state index contributed by atoms with van der Waals surface area (Å²) in [4.78, 5) is 30.4. The highest BCUT2D eigenvalue weighted by Gasteiger charge is 2.46. The first kappa shape index (κ1) is 28.6. The number of nitrogens with zero attached hydrogens (tertiary/aromatic N) is 2. The molecular formula is C33H36N2O5. The molecule has 4 rings (SSSR count). The number of Topliss-reactive ketones (excluding diaryl/α,β-unsaturated/α-hetero) is 1. The number of ketones is 1. The molecule has 1 N–H and O–H groups in total. The standard InChI is InChI=1S/C33H36N2O5/c1-4-22-39-27-16-12-25(13-17-27)30-29(32(37)33(38)35(30)21-20-34(5-2)6-3)31(36)26-14-18-28(19-15-26)40-23-24-10-8-7-9-11-24/h4,7-19,30,36H,1,5-6,20-23H2,2-3H3. The molecule has 0 spiro atoms. The third kappa shape index (κ3) is 6.61. The maximum absolute atomic E-state index is 13.3. The number of likely N-dealkylation sites (N-methyl/N-ethyl adjacent to an activating group) is 1. The number of carbonyl (C=O) groups excluding carboxylic acids is 2. The molecule has 1 fully saturated rings. The first-order valence-electron chi connectivity index (χ1n) is 13.6. The van der Waals surface area contributed by atoms with Crippen LogP contribution in [-0.4, -0.2) is 59.4 Å². The second-order valence-electron chi connectivity index (χ2n) is 9.49. The highest BCUT2D eigenvalue weighted by atomic mass is 16.5. The lowest BCUT2D eigenvalue weighted by Crippen LogP contribution is -2.38. The number of aliphatic hydroxyl groups is 1. The fraction of sp³-hybridized carbons (Fsp3) is 0.273. The van der Waals surface area contributed by atoms with Gasteiger partial charge in [-0.15, -0.1) is 0 Å². The molecule has 1 aliphatic heterocycles. The van der Waals surface area contributed by atoms with Crippen LogP contribution < -0.4 is 9.47 Å². The number of carbonyl (C=O) groups is 2. The van der Waals surface area contributed by atoms with Crippen molar-refractivity contribution in [1.29, 1.82) is 0 Å². The summed E-state index contributed by atoms with van der Waals surface area (Å²) >= 11 is 0. The number of rotatable bonds is 13. The van der Waals surface area contributed by atoms with E-state index < -0.39 is 17.7 Å². The predicted molar refractivity (Wildman–Crippen MR) is 156 cm³/mol. The number of benzene rings is 3. The van der Waals surface area contributed by atoms with Crippen molar-refractivity contribution in [2.75, 3.05) is 32.8 Å². The van der Waals surface area contributed by atoms with Gasteiger partial charge >= 0.3 is 0 Å². The normalized spacial score (nSPS) is 16.4. The largest absolute Gasteiger partial charge is 0.507 e. The quantitative estimate of drug-likeness (QED) is 0.132. The minimum absolute atomic E-state index is 0.0715. The van der Waals surface area contributed by atoms with Crippen molar-refractivity contribution in [3.63, 3.8) is 0 Å². The summed E-state index contributed by atoms with van der Waals surface area (Å²) in [6.07, 6.45) is 1.66. The van der Waals surface area contributed by atoms with E-state index in [1.807, 2.05) is 42.5 Å². The van der Waals surface area contributed by atoms with Crippen LogP contribution in [-0.2, 0) is 16.2 Å². The van der Waals surface area contributed by atoms with Crippen molar-refractivity contribution in [3.05, 3.63) is 114 Å². The van der Waals surface area contributed by atoms with E-state index >= 15 is 0 Å². The zero-order valence-electron chi connectivity index (χ0n) is 23.1. The molecule has 0 aromatic heterocycles. The van der Waals surface area contributed by atoms with Crippen molar-refractivity contribution in [2.45, 2.75) is 26.5 Å². The Balaban J connectivity index is 1.64. The molecule has 1 atom stereocenters. The molecule has 0 saturated carbocycles. The van der Waals surface area contributed by atoms with Gasteiger partial charge in [0.05, 0.1) is 11.6 Å². The summed E-state index contributed by atoms with van der Waals surface area (Å²) in [7, 11) is 0. The minimum atomic E-state index is -0.724. The van der Waals surface area contributed by atoms with Crippen LogP contribution in [0.15, 0.2) is 97.1 Å². The Labute approximate surface area is 235 Å². The molecule has 1 aliphatic rings. The van der Waals surface area contributed by atoms with Crippen molar-refractivity contribution in [3.8, 4) is 11.5 Å². The SMILES string of the molecule is C=CCOc1ccc(C2C(=C(O)c3ccc(OCc4ccccc4)cc3)C(=O)C(=O)N2CCN(CC)CC)cc1. The Bertz CT molecular complexity index is 1330. The van der Waals surface area contributed by atoms with Crippen LogP contribution in [0.3, 0.4) is 0 Å². The molecule has 1 amide bonds. The van der Waals surface area contributed by atoms with Gasteiger partial charge in [0.25, 0.3) is 11.7 Å². The molecule has 40 heavy (non-hydrogen) atoms. The van der Waals surface area contributed by atoms with Gasteiger partial charge < -0.3 is 24.4 Å². The van der Waals surface area contributed by atoms with Gasteiger partial charge in [-0.3, -0.25) is 9.59 Å². The first-order chi connectivity index (χ1) is 19.5. The van der Waals surface area contributed by atoms with Crippen LogP contribution in [0.4, 0.5) is 0 Å². The summed E-state index contributed by atoms with van der Waals surface area (Å²) in [5.74, 6) is -0.246. The summed E-state index contributed by atoms with van der Waals surface area (Å²) in [6, 6.07) is 23.2. The molecule has 1 heterocycles. The van der Waals surface area contributed by atoms with Crippen LogP contribution in [0.5, 0.6) is 11.5 Å². The zero-order chi connectivity index (χ0) is 28.5. The lowest BCUT2D eigenvalue weighted by Gasteiger charge is -2.28. The van der Waals surface area contributed by atoms with Crippen molar-refractivity contribution in [2.24, 2.45) is 0 Å². The lowest BCUT2D eigenvalue weighted by molar-refractivity contribution is -0.140. The Morgan fingerprint density at radius 1 is 0.925 bits per heavy atom. The van der Waals surface area contributed by atoms with Crippen LogP contribution in [0.1, 0.15) is 36.6 Å². The summed E-state index contributed by atoms with van der Waals surface area (Å²) in [6.45, 7) is 11.2. The predicted octanol–water partition coefficient (Wildman–Crippen LogP) is 5.59. The highest BCUT2D eigenvalue weighted by molar-refractivity contribution is 6.46. The van der Waals surface area contributed by atoms with Gasteiger partial charge in [-0.1, -0.05) is 69.0 Å². The number of ether oxygens (including phenoxy) is 2. The third-order valence-corrected chi connectivity index (χ3v) is 7.03. The molecule has 7 nitrogen and oxygen atoms in total. The maximum atomic E-state index is 13.3. The van der Waals surface area contributed by atoms with E-state index in [1.54, 1.807) is 47.4 Å². The van der Waals surface area contributed by atoms with Crippen LogP contribution in [0, 0.1) is 0 Å². The molecule has 0 bridgehead atoms. The van der Waals surface area contributed by atoms with Gasteiger partial charge in [0, 0.05) is 18.7 Å². The summed E-state index contributed by atoms with van der Waals surface area (Å²) in [5, 5.41) is 11.4. The number of amides is 1. The minimum Gasteiger partial charge on any atom is -0.507 e. The van der Waals surface area contributed by atoms with Gasteiger partial charge in [-0.25, -0.2) is 0 Å². The van der Waals surface area contributed by atoms with Crippen LogP contribution in [0.2, 0.25) is 0 Å². The zero-order valence-corrected chi connectivity index (χ0v) is 23.1. The van der Waals surface area contributed by atoms with Gasteiger partial charge in [-0.2, -0.15) is 0 Å². The molecule has 1 saturated heterocycles. The van der Waals surface area contributed by atoms with Gasteiger partial charge in [-0.05, 0) is 60.6 Å². The van der Waals surface area contributed by atoms with E-state index in [0.29, 0.717) is 48.9 Å². The van der Waals surface area contributed by atoms with E-state index in [1.165, 1.54) is 0 Å². The molecular weight excluding hydrogens is 504 g/mol. The number of aliphatic hydroxyl groups excluding tert-OH is 1. The van der Waals surface area contributed by atoms with Gasteiger partial charge in [0.1, 0.15) is 30.5 Å². The summed E-state index contributed by atoms with van der Waals surface area (Å²) < 4.78 is 11.5. The Morgan fingerprint density at radius 3 is 2.17 bits per heavy atom. The Hall–Kier alpha value is -4.36. The maximum Gasteiger partial charge on any atom is 0.295 e. The number of hydrogen-bond donors (Lipinski definition) is 1. The van der Waals surface area contributed by atoms with Gasteiger partial charge in [0.15, 0.2) is 0 Å². The average molecular weight is 541 g/mol. The smallest absolute Gasteiger partial charge is 0.295 e. The molecule has 3 aromatic carbocycles. The Morgan fingerprint density at radius 2 is 1.55 bits per heavy atom. The average Bonchev–Trinajstić information content (AvgIpc) is 3.25. The highest BCUT2D eigenvalue weighted by Crippen LogP contribution is 2.40. The second-order valence-corrected chi connectivity index (χ2v) is 9.49. The fourth-order valence-electron chi connectivity index (χ4n) is 4.75. The van der Waals surface area contributed by atoms with Crippen molar-refractivity contribution < 1.29 is 24.2 Å². The summed E-state index contributed by atoms with van der Waals surface area (Å²) in [5.41, 5.74) is 2.27. The molecule has 7 heteroatoms. The second kappa shape index (κ2) is 13.6. The topological polar surface area (TPSA) is 79.3 Å². The molecule has 3 aromatic rings. The van der Waals surface area contributed by atoms with E-state index in [-0.39, 0.29) is 11.3 Å². The van der Waals surface area contributed by atoms with Crippen molar-refractivity contribution in [1.82, 2.24) is 9.80 Å². The number of likely N-dealkylation sites (tertiary alicyclic amines) is 1. The molecule has 0 radical (unpaired) electrons. The molecule has 1 unspecified atom stereocenters. The van der Waals surface area contributed by atoms with E-state index in [2.05, 4.69) is 25.3 Å². The van der Waals surface area contributed by atoms with E-state index in [9.17, 15) is 14.7 Å². The lowest BCUT2D eigenvalue weighted by atomic mass is 9.95. The fourth-order valence-corrected chi connectivity index (χ4v) is 4.75. The van der Waals surface area contributed by atoms with Crippen molar-refractivity contribution >= 4 is 17.4 Å². The monoisotopic (exact) mass is 540 g/mol. The number of hydrogen-bond acceptors (Lipinski definition) is 6. The molecule has 208 valence electrons. The van der Waals surface area contributed by atoms with E-state index in [0.717, 1.165) is 18.7 Å². The van der Waals surface area contributed by atoms with E-state index in [4.69, 9.17) is 9.47 Å². The first-order valence-corrected chi connectivity index (χ1v) is 13.6. The van der Waals surface area contributed by atoms with Gasteiger partial charge in [0.2, 0.25) is 0 Å². The van der Waals surface area contributed by atoms with Crippen LogP contribution in [0.25, 0.3) is 5.76 Å². The molecule has 0 aliphatic carbocycles. The third-order valence-electron chi connectivity index (χ3n) is 7.03. The van der Waals surface area contributed by atoms with Crippen LogP contribution >= 0.6 is 0 Å².